The van der Waals surface area contributed by atoms with Crippen molar-refractivity contribution in [1.29, 1.82) is 0 Å². The topological polar surface area (TPSA) is 20.2 Å². The monoisotopic (exact) mass is 178 g/mol. The zero-order valence-corrected chi connectivity index (χ0v) is 8.40. The summed E-state index contributed by atoms with van der Waals surface area (Å²) in [5.41, 5.74) is 1.03. The fraction of sp³-hybridized carbons (Fsp3) is 0.500. The summed E-state index contributed by atoms with van der Waals surface area (Å²) in [4.78, 5) is 0. The van der Waals surface area contributed by atoms with Crippen LogP contribution in [0.25, 0.3) is 0 Å². The third-order valence-corrected chi connectivity index (χ3v) is 2.42. The van der Waals surface area contributed by atoms with Gasteiger partial charge in [0.2, 0.25) is 0 Å². The highest BCUT2D eigenvalue weighted by Crippen LogP contribution is 2.24. The average molecular weight is 178 g/mol. The Kier molecular flexibility index (Phi) is 3.97. The molecule has 13 heavy (non-hydrogen) atoms. The van der Waals surface area contributed by atoms with Crippen LogP contribution in [0, 0.1) is 5.92 Å². The Hall–Kier alpha value is -0.820. The molecule has 0 aliphatic rings. The molecule has 2 atom stereocenters. The molecule has 0 bridgehead atoms. The fourth-order valence-corrected chi connectivity index (χ4v) is 1.59. The van der Waals surface area contributed by atoms with Crippen LogP contribution in [0.3, 0.4) is 0 Å². The first-order valence-electron chi connectivity index (χ1n) is 4.98. The van der Waals surface area contributed by atoms with Gasteiger partial charge < -0.3 is 5.11 Å². The summed E-state index contributed by atoms with van der Waals surface area (Å²) >= 11 is 0. The Morgan fingerprint density at radius 3 is 2.38 bits per heavy atom. The number of hydrogen-bond donors (Lipinski definition) is 1. The van der Waals surface area contributed by atoms with Gasteiger partial charge in [0.15, 0.2) is 0 Å². The smallest absolute Gasteiger partial charge is 0.0815 e. The summed E-state index contributed by atoms with van der Waals surface area (Å²) in [7, 11) is 0. The number of aliphatic hydroxyl groups is 1. The summed E-state index contributed by atoms with van der Waals surface area (Å²) in [6, 6.07) is 9.88. The molecule has 1 heteroatoms. The number of aliphatic hydroxyl groups excluding tert-OH is 1. The van der Waals surface area contributed by atoms with Crippen LogP contribution in [0.5, 0.6) is 0 Å². The van der Waals surface area contributed by atoms with Crippen molar-refractivity contribution < 1.29 is 5.11 Å². The van der Waals surface area contributed by atoms with E-state index in [1.807, 2.05) is 30.3 Å². The van der Waals surface area contributed by atoms with Crippen LogP contribution < -0.4 is 0 Å². The van der Waals surface area contributed by atoms with Gasteiger partial charge >= 0.3 is 0 Å². The largest absolute Gasteiger partial charge is 0.388 e. The zero-order chi connectivity index (χ0) is 9.68. The summed E-state index contributed by atoms with van der Waals surface area (Å²) in [6.45, 7) is 4.25. The molecule has 1 nitrogen and oxygen atoms in total. The van der Waals surface area contributed by atoms with Crippen LogP contribution in [0.15, 0.2) is 30.3 Å². The second-order valence-corrected chi connectivity index (χ2v) is 3.62. The normalized spacial score (nSPS) is 15.3. The molecule has 0 spiro atoms. The first kappa shape index (κ1) is 10.3. The Bertz CT molecular complexity index is 230. The second-order valence-electron chi connectivity index (χ2n) is 3.62. The number of benzene rings is 1. The third kappa shape index (κ3) is 2.85. The Balaban J connectivity index is 2.62. The molecule has 1 aromatic rings. The van der Waals surface area contributed by atoms with Gasteiger partial charge in [0.1, 0.15) is 0 Å². The van der Waals surface area contributed by atoms with E-state index in [4.69, 9.17) is 0 Å². The maximum atomic E-state index is 9.92. The van der Waals surface area contributed by atoms with E-state index in [1.54, 1.807) is 0 Å². The standard InChI is InChI=1S/C12H18O/c1-3-7-10(2)12(13)11-8-5-4-6-9-11/h4-6,8-10,12-13H,3,7H2,1-2H3/t10-,12-/m0/s1. The minimum atomic E-state index is -0.304. The number of hydrogen-bond acceptors (Lipinski definition) is 1. The van der Waals surface area contributed by atoms with Crippen molar-refractivity contribution in [2.45, 2.75) is 32.8 Å². The lowest BCUT2D eigenvalue weighted by Crippen LogP contribution is -2.08. The minimum Gasteiger partial charge on any atom is -0.388 e. The number of rotatable bonds is 4. The van der Waals surface area contributed by atoms with E-state index >= 15 is 0 Å². The maximum absolute atomic E-state index is 9.92. The highest BCUT2D eigenvalue weighted by molar-refractivity contribution is 5.17. The fourth-order valence-electron chi connectivity index (χ4n) is 1.59. The van der Waals surface area contributed by atoms with E-state index in [9.17, 15) is 5.11 Å². The second kappa shape index (κ2) is 5.03. The molecule has 0 amide bonds. The molecule has 0 unspecified atom stereocenters. The summed E-state index contributed by atoms with van der Waals surface area (Å²) < 4.78 is 0. The lowest BCUT2D eigenvalue weighted by Gasteiger charge is -2.18. The molecule has 0 saturated carbocycles. The van der Waals surface area contributed by atoms with Gasteiger partial charge in [0.25, 0.3) is 0 Å². The predicted octanol–water partition coefficient (Wildman–Crippen LogP) is 3.16. The first-order chi connectivity index (χ1) is 6.25. The summed E-state index contributed by atoms with van der Waals surface area (Å²) in [6.07, 6.45) is 1.90. The molecular weight excluding hydrogens is 160 g/mol. The van der Waals surface area contributed by atoms with E-state index in [0.717, 1.165) is 18.4 Å². The molecule has 1 aromatic carbocycles. The maximum Gasteiger partial charge on any atom is 0.0815 e. The van der Waals surface area contributed by atoms with E-state index in [1.165, 1.54) is 0 Å². The molecule has 0 aliphatic heterocycles. The van der Waals surface area contributed by atoms with Crippen molar-refractivity contribution in [3.8, 4) is 0 Å². The van der Waals surface area contributed by atoms with Crippen LogP contribution >= 0.6 is 0 Å². The summed E-state index contributed by atoms with van der Waals surface area (Å²) in [5.74, 6) is 0.354. The highest BCUT2D eigenvalue weighted by Gasteiger charge is 2.14. The van der Waals surface area contributed by atoms with Crippen LogP contribution in [0.2, 0.25) is 0 Å². The van der Waals surface area contributed by atoms with E-state index in [-0.39, 0.29) is 6.10 Å². The minimum absolute atomic E-state index is 0.304. The Morgan fingerprint density at radius 1 is 1.23 bits per heavy atom. The average Bonchev–Trinajstić information content (AvgIpc) is 2.18. The van der Waals surface area contributed by atoms with Gasteiger partial charge in [0.05, 0.1) is 6.10 Å². The van der Waals surface area contributed by atoms with Crippen molar-refractivity contribution >= 4 is 0 Å². The van der Waals surface area contributed by atoms with E-state index in [2.05, 4.69) is 13.8 Å². The Labute approximate surface area is 80.4 Å². The van der Waals surface area contributed by atoms with E-state index < -0.39 is 0 Å². The van der Waals surface area contributed by atoms with Gasteiger partial charge in [-0.1, -0.05) is 50.6 Å². The predicted molar refractivity (Wildman–Crippen MR) is 55.5 cm³/mol. The lowest BCUT2D eigenvalue weighted by molar-refractivity contribution is 0.112. The molecule has 1 N–H and O–H groups in total. The van der Waals surface area contributed by atoms with Gasteiger partial charge in [-0.05, 0) is 17.9 Å². The zero-order valence-electron chi connectivity index (χ0n) is 8.40. The van der Waals surface area contributed by atoms with Crippen molar-refractivity contribution in [3.63, 3.8) is 0 Å². The van der Waals surface area contributed by atoms with Gasteiger partial charge in [0, 0.05) is 0 Å². The van der Waals surface area contributed by atoms with Crippen molar-refractivity contribution in [2.24, 2.45) is 5.92 Å². The van der Waals surface area contributed by atoms with Gasteiger partial charge in [-0.25, -0.2) is 0 Å². The molecule has 0 fully saturated rings. The molecular formula is C12H18O. The molecule has 0 aliphatic carbocycles. The van der Waals surface area contributed by atoms with Crippen molar-refractivity contribution in [1.82, 2.24) is 0 Å². The van der Waals surface area contributed by atoms with Gasteiger partial charge in [-0.15, -0.1) is 0 Å². The van der Waals surface area contributed by atoms with Gasteiger partial charge in [-0.3, -0.25) is 0 Å². The molecule has 0 aromatic heterocycles. The highest BCUT2D eigenvalue weighted by atomic mass is 16.3. The molecule has 1 rings (SSSR count). The molecule has 0 saturated heterocycles. The van der Waals surface area contributed by atoms with E-state index in [0.29, 0.717) is 5.92 Å². The SMILES string of the molecule is CCC[C@H](C)[C@H](O)c1ccccc1. The molecule has 0 radical (unpaired) electrons. The van der Waals surface area contributed by atoms with Crippen LogP contribution in [0.4, 0.5) is 0 Å². The Morgan fingerprint density at radius 2 is 1.85 bits per heavy atom. The van der Waals surface area contributed by atoms with Gasteiger partial charge in [-0.2, -0.15) is 0 Å². The quantitative estimate of drug-likeness (QED) is 0.751. The van der Waals surface area contributed by atoms with Crippen LogP contribution in [-0.2, 0) is 0 Å². The van der Waals surface area contributed by atoms with Crippen LogP contribution in [0.1, 0.15) is 38.4 Å². The van der Waals surface area contributed by atoms with Crippen molar-refractivity contribution in [3.05, 3.63) is 35.9 Å². The molecule has 72 valence electrons. The van der Waals surface area contributed by atoms with Crippen molar-refractivity contribution in [2.75, 3.05) is 0 Å². The first-order valence-corrected chi connectivity index (χ1v) is 4.98. The summed E-state index contributed by atoms with van der Waals surface area (Å²) in [5, 5.41) is 9.92. The lowest BCUT2D eigenvalue weighted by atomic mass is 9.94. The van der Waals surface area contributed by atoms with Crippen LogP contribution in [-0.4, -0.2) is 5.11 Å². The molecule has 0 heterocycles. The third-order valence-electron chi connectivity index (χ3n) is 2.42.